The summed E-state index contributed by atoms with van der Waals surface area (Å²) in [7, 11) is -9.02. The standard InChI is InChI=1S/2C37H62O3S.Ba/c2*1-3-5-7-9-11-12-13-14-15-16-17-18-19-21-23-25-27-34-31-35-30-33(26-24-22-20-10-8-6-4-2)28-29-36(35)37(32-34)41(38,39)40;/h2*28-32H,3-27H2,1-2H3,(H,38,39,40);/q;;+2/p-2. The number of unbranched alkanes of at least 4 members (excludes halogenated alkanes) is 42. The SMILES string of the molecule is CCCCCCCCCCCCCCCCCCc1cc(S(=O)(=O)[O-])c2ccc(CCCCCCCCC)cc2c1.CCCCCCCCCCCCCCCCCCc1cc(S(=O)(=O)[O-])c2ccc(CCCCCCCCC)cc2c1.[Ba+2]. The fourth-order valence-corrected chi connectivity index (χ4v) is 13.7. The molecule has 0 aliphatic heterocycles. The summed E-state index contributed by atoms with van der Waals surface area (Å²) in [6.45, 7) is 9.05. The Kier molecular flexibility index (Phi) is 47.5. The van der Waals surface area contributed by atoms with E-state index in [2.05, 4.69) is 52.0 Å². The largest absolute Gasteiger partial charge is 2.00 e. The van der Waals surface area contributed by atoms with Crippen molar-refractivity contribution in [3.63, 3.8) is 0 Å². The molecule has 0 N–H and O–H groups in total. The zero-order valence-corrected chi connectivity index (χ0v) is 60.2. The third-order valence-electron chi connectivity index (χ3n) is 17.4. The van der Waals surface area contributed by atoms with Crippen molar-refractivity contribution in [2.45, 2.75) is 359 Å². The van der Waals surface area contributed by atoms with Crippen molar-refractivity contribution in [3.05, 3.63) is 82.9 Å². The van der Waals surface area contributed by atoms with Gasteiger partial charge < -0.3 is 9.11 Å². The molecular weight excluding hydrogens is 1190 g/mol. The first-order chi connectivity index (χ1) is 39.9. The molecule has 0 aliphatic carbocycles. The quantitative estimate of drug-likeness (QED) is 0.0247. The van der Waals surface area contributed by atoms with E-state index in [0.29, 0.717) is 10.8 Å². The van der Waals surface area contributed by atoms with Gasteiger partial charge in [-0.25, -0.2) is 16.8 Å². The van der Waals surface area contributed by atoms with Gasteiger partial charge in [-0.3, -0.25) is 0 Å². The summed E-state index contributed by atoms with van der Waals surface area (Å²) >= 11 is 0. The maximum atomic E-state index is 12.1. The second-order valence-corrected chi connectivity index (χ2v) is 27.8. The molecule has 4 aromatic rings. The van der Waals surface area contributed by atoms with Crippen molar-refractivity contribution in [2.24, 2.45) is 0 Å². The second-order valence-electron chi connectivity index (χ2n) is 25.1. The molecule has 6 nitrogen and oxygen atoms in total. The van der Waals surface area contributed by atoms with Crippen molar-refractivity contribution in [3.8, 4) is 0 Å². The first-order valence-corrected chi connectivity index (χ1v) is 37.8. The van der Waals surface area contributed by atoms with Gasteiger partial charge in [0.05, 0.1) is 9.79 Å². The van der Waals surface area contributed by atoms with Crippen LogP contribution in [0.25, 0.3) is 21.5 Å². The fraction of sp³-hybridized carbons (Fsp3) is 0.730. The van der Waals surface area contributed by atoms with Crippen LogP contribution in [0.4, 0.5) is 0 Å². The van der Waals surface area contributed by atoms with Gasteiger partial charge in [-0.15, -0.1) is 0 Å². The van der Waals surface area contributed by atoms with Crippen molar-refractivity contribution >= 4 is 90.7 Å². The zero-order chi connectivity index (χ0) is 59.2. The molecule has 0 bridgehead atoms. The van der Waals surface area contributed by atoms with Crippen molar-refractivity contribution in [1.29, 1.82) is 0 Å². The summed E-state index contributed by atoms with van der Waals surface area (Å²) in [5, 5.41) is 2.93. The molecule has 0 atom stereocenters. The molecule has 0 spiro atoms. The molecule has 0 unspecified atom stereocenters. The van der Waals surface area contributed by atoms with E-state index in [1.807, 2.05) is 24.3 Å². The summed E-state index contributed by atoms with van der Waals surface area (Å²) in [5.41, 5.74) is 4.43. The number of hydrogen-bond acceptors (Lipinski definition) is 6. The molecule has 0 aromatic heterocycles. The third-order valence-corrected chi connectivity index (χ3v) is 19.1. The van der Waals surface area contributed by atoms with Crippen LogP contribution in [-0.4, -0.2) is 74.8 Å². The minimum Gasteiger partial charge on any atom is -0.744 e. The zero-order valence-electron chi connectivity index (χ0n) is 54.1. The van der Waals surface area contributed by atoms with Crippen LogP contribution in [0.5, 0.6) is 0 Å². The van der Waals surface area contributed by atoms with Crippen LogP contribution >= 0.6 is 0 Å². The Bertz CT molecular complexity index is 2260. The Labute approximate surface area is 552 Å². The molecule has 83 heavy (non-hydrogen) atoms. The van der Waals surface area contributed by atoms with Gasteiger partial charge in [-0.05, 0) is 107 Å². The summed E-state index contributed by atoms with van der Waals surface area (Å²) in [6, 6.07) is 19.4. The molecule has 0 fully saturated rings. The van der Waals surface area contributed by atoms with Crippen LogP contribution < -0.4 is 0 Å². The molecule has 4 rings (SSSR count). The smallest absolute Gasteiger partial charge is 0.744 e. The van der Waals surface area contributed by atoms with Gasteiger partial charge in [0.2, 0.25) is 0 Å². The molecule has 0 amide bonds. The Hall–Kier alpha value is -1.21. The maximum Gasteiger partial charge on any atom is 2.00 e. The molecule has 0 saturated carbocycles. The molecule has 0 heterocycles. The van der Waals surface area contributed by atoms with Gasteiger partial charge in [0.1, 0.15) is 20.2 Å². The van der Waals surface area contributed by atoms with E-state index in [1.54, 1.807) is 12.1 Å². The molecule has 9 heteroatoms. The second kappa shape index (κ2) is 50.6. The Morgan fingerprint density at radius 3 is 0.639 bits per heavy atom. The van der Waals surface area contributed by atoms with Crippen molar-refractivity contribution in [1.82, 2.24) is 0 Å². The first kappa shape index (κ1) is 77.9. The van der Waals surface area contributed by atoms with E-state index in [4.69, 9.17) is 0 Å². The van der Waals surface area contributed by atoms with Gasteiger partial charge >= 0.3 is 48.9 Å². The Balaban J connectivity index is 0.000000560. The van der Waals surface area contributed by atoms with Crippen molar-refractivity contribution < 1.29 is 25.9 Å². The summed E-state index contributed by atoms with van der Waals surface area (Å²) in [5.74, 6) is 0. The first-order valence-electron chi connectivity index (χ1n) is 34.9. The number of aryl methyl sites for hydroxylation is 4. The van der Waals surface area contributed by atoms with Gasteiger partial charge in [0, 0.05) is 0 Å². The average molecular weight is 1310 g/mol. The minimum atomic E-state index is -4.51. The van der Waals surface area contributed by atoms with Crippen molar-refractivity contribution in [2.75, 3.05) is 0 Å². The maximum absolute atomic E-state index is 12.1. The Morgan fingerprint density at radius 1 is 0.253 bits per heavy atom. The number of fused-ring (bicyclic) bond motifs is 2. The minimum absolute atomic E-state index is 0. The van der Waals surface area contributed by atoms with Crippen LogP contribution in [0, 0.1) is 0 Å². The van der Waals surface area contributed by atoms with Gasteiger partial charge in [-0.1, -0.05) is 346 Å². The predicted molar refractivity (Wildman–Crippen MR) is 359 cm³/mol. The molecule has 0 radical (unpaired) electrons. The number of hydrogen-bond donors (Lipinski definition) is 0. The average Bonchev–Trinajstić information content (AvgIpc) is 3.66. The van der Waals surface area contributed by atoms with E-state index in [9.17, 15) is 25.9 Å². The number of rotatable bonds is 52. The molecular formula is C74H122BaO6S2. The molecule has 0 saturated heterocycles. The summed E-state index contributed by atoms with van der Waals surface area (Å²) in [4.78, 5) is -0.104. The van der Waals surface area contributed by atoms with Crippen LogP contribution in [0.1, 0.15) is 345 Å². The summed E-state index contributed by atoms with van der Waals surface area (Å²) < 4.78 is 72.4. The molecule has 4 aromatic carbocycles. The normalized spacial score (nSPS) is 11.8. The van der Waals surface area contributed by atoms with Gasteiger partial charge in [0.15, 0.2) is 0 Å². The van der Waals surface area contributed by atoms with E-state index >= 15 is 0 Å². The monoisotopic (exact) mass is 1310 g/mol. The molecule has 468 valence electrons. The summed E-state index contributed by atoms with van der Waals surface area (Å²) in [6.07, 6.45) is 64.4. The van der Waals surface area contributed by atoms with Crippen LogP contribution in [0.3, 0.4) is 0 Å². The fourth-order valence-electron chi connectivity index (χ4n) is 12.2. The Morgan fingerprint density at radius 2 is 0.434 bits per heavy atom. The van der Waals surface area contributed by atoms with E-state index in [1.165, 1.54) is 268 Å². The van der Waals surface area contributed by atoms with E-state index in [-0.39, 0.29) is 58.7 Å². The van der Waals surface area contributed by atoms with Gasteiger partial charge in [0.25, 0.3) is 0 Å². The van der Waals surface area contributed by atoms with Crippen LogP contribution in [0.15, 0.2) is 70.5 Å². The van der Waals surface area contributed by atoms with Crippen LogP contribution in [0.2, 0.25) is 0 Å². The van der Waals surface area contributed by atoms with Gasteiger partial charge in [-0.2, -0.15) is 0 Å². The third kappa shape index (κ3) is 38.1. The van der Waals surface area contributed by atoms with E-state index in [0.717, 1.165) is 86.1 Å². The number of benzene rings is 4. The predicted octanol–water partition coefficient (Wildman–Crippen LogP) is 23.3. The van der Waals surface area contributed by atoms with Crippen LogP contribution in [-0.2, 0) is 45.9 Å². The topological polar surface area (TPSA) is 114 Å². The van der Waals surface area contributed by atoms with E-state index < -0.39 is 20.2 Å². The molecule has 0 aliphatic rings.